The molecule has 2 aliphatic heterocycles. The Kier molecular flexibility index (Phi) is 3.83. The Morgan fingerprint density at radius 3 is 2.71 bits per heavy atom. The minimum absolute atomic E-state index is 0.328. The van der Waals surface area contributed by atoms with E-state index in [1.165, 1.54) is 4.57 Å². The first-order chi connectivity index (χ1) is 9.93. The number of fused-ring (bicyclic) bond motifs is 1. The van der Waals surface area contributed by atoms with Crippen LogP contribution in [-0.2, 0) is 4.74 Å². The zero-order valence-corrected chi connectivity index (χ0v) is 12.9. The standard InChI is InChI=1S/C11H15IN4O5/c12-3-1-16(8-5(3)9(20)15-11(13)14-8)10-7(19)6(18)4(2-17)21-10/h1,4,6-7,10-11,14,17-19H,2,13H2,(H,15,20). The summed E-state index contributed by atoms with van der Waals surface area (Å²) < 4.78 is 7.63. The normalized spacial score (nSPS) is 35.3. The van der Waals surface area contributed by atoms with Crippen molar-refractivity contribution in [2.45, 2.75) is 30.8 Å². The van der Waals surface area contributed by atoms with Crippen molar-refractivity contribution in [1.82, 2.24) is 9.88 Å². The van der Waals surface area contributed by atoms with Gasteiger partial charge in [0.15, 0.2) is 12.5 Å². The second-order valence-corrected chi connectivity index (χ2v) is 6.09. The molecule has 10 heteroatoms. The summed E-state index contributed by atoms with van der Waals surface area (Å²) in [5, 5.41) is 34.5. The highest BCUT2D eigenvalue weighted by atomic mass is 127. The van der Waals surface area contributed by atoms with Crippen molar-refractivity contribution in [3.8, 4) is 0 Å². The number of nitrogens with zero attached hydrogens (tertiary/aromatic N) is 1. The van der Waals surface area contributed by atoms with Crippen molar-refractivity contribution >= 4 is 34.3 Å². The number of nitrogens with two attached hydrogens (primary N) is 1. The van der Waals surface area contributed by atoms with E-state index in [0.29, 0.717) is 15.0 Å². The average Bonchev–Trinajstić information content (AvgIpc) is 2.89. The van der Waals surface area contributed by atoms with Crippen LogP contribution in [0.4, 0.5) is 5.82 Å². The number of amides is 1. The molecule has 3 heterocycles. The second kappa shape index (κ2) is 5.37. The number of rotatable bonds is 2. The zero-order chi connectivity index (χ0) is 15.3. The molecule has 1 aromatic heterocycles. The van der Waals surface area contributed by atoms with Gasteiger partial charge < -0.3 is 35.3 Å². The summed E-state index contributed by atoms with van der Waals surface area (Å²) in [5.41, 5.74) is 6.08. The highest BCUT2D eigenvalue weighted by Gasteiger charge is 2.45. The van der Waals surface area contributed by atoms with Gasteiger partial charge in [-0.2, -0.15) is 0 Å². The summed E-state index contributed by atoms with van der Waals surface area (Å²) >= 11 is 1.99. The van der Waals surface area contributed by atoms with E-state index in [9.17, 15) is 15.0 Å². The lowest BCUT2D eigenvalue weighted by molar-refractivity contribution is -0.0517. The molecule has 5 atom stereocenters. The van der Waals surface area contributed by atoms with Crippen LogP contribution in [0.1, 0.15) is 16.6 Å². The Hall–Kier alpha value is -0.920. The minimum Gasteiger partial charge on any atom is -0.394 e. The van der Waals surface area contributed by atoms with E-state index in [4.69, 9.17) is 15.6 Å². The third-order valence-electron chi connectivity index (χ3n) is 3.58. The molecule has 21 heavy (non-hydrogen) atoms. The number of hydrogen-bond acceptors (Lipinski definition) is 7. The highest BCUT2D eigenvalue weighted by molar-refractivity contribution is 14.1. The van der Waals surface area contributed by atoms with E-state index in [0.717, 1.165) is 0 Å². The van der Waals surface area contributed by atoms with Gasteiger partial charge in [-0.15, -0.1) is 0 Å². The van der Waals surface area contributed by atoms with Gasteiger partial charge >= 0.3 is 0 Å². The molecule has 1 fully saturated rings. The van der Waals surface area contributed by atoms with Crippen LogP contribution in [0.5, 0.6) is 0 Å². The maximum Gasteiger partial charge on any atom is 0.258 e. The molecule has 1 aromatic rings. The predicted octanol–water partition coefficient (Wildman–Crippen LogP) is -1.90. The lowest BCUT2D eigenvalue weighted by Crippen LogP contribution is -2.51. The van der Waals surface area contributed by atoms with Gasteiger partial charge in [0, 0.05) is 9.77 Å². The molecule has 5 unspecified atom stereocenters. The zero-order valence-electron chi connectivity index (χ0n) is 10.7. The molecule has 7 N–H and O–H groups in total. The van der Waals surface area contributed by atoms with Gasteiger partial charge in [0.1, 0.15) is 24.1 Å². The van der Waals surface area contributed by atoms with Gasteiger partial charge in [0.05, 0.1) is 12.2 Å². The number of hydrogen-bond donors (Lipinski definition) is 6. The van der Waals surface area contributed by atoms with Crippen LogP contribution >= 0.6 is 22.6 Å². The lowest BCUT2D eigenvalue weighted by Gasteiger charge is -2.27. The van der Waals surface area contributed by atoms with Crippen LogP contribution < -0.4 is 16.4 Å². The number of anilines is 1. The quantitative estimate of drug-likeness (QED) is 0.313. The Morgan fingerprint density at radius 2 is 2.10 bits per heavy atom. The Balaban J connectivity index is 2.01. The molecule has 1 saturated heterocycles. The van der Waals surface area contributed by atoms with Crippen LogP contribution in [0.3, 0.4) is 0 Å². The van der Waals surface area contributed by atoms with E-state index in [1.54, 1.807) is 6.20 Å². The van der Waals surface area contributed by atoms with Crippen LogP contribution in [-0.4, -0.2) is 57.0 Å². The fourth-order valence-corrected chi connectivity index (χ4v) is 3.36. The number of aliphatic hydroxyl groups is 3. The average molecular weight is 410 g/mol. The number of carbonyl (C=O) groups excluding carboxylic acids is 1. The van der Waals surface area contributed by atoms with Gasteiger partial charge in [-0.1, -0.05) is 0 Å². The van der Waals surface area contributed by atoms with Crippen LogP contribution in [0, 0.1) is 3.57 Å². The first kappa shape index (κ1) is 15.0. The molecule has 0 radical (unpaired) electrons. The van der Waals surface area contributed by atoms with Gasteiger partial charge in [0.2, 0.25) is 0 Å². The molecule has 0 aromatic carbocycles. The molecule has 0 aliphatic carbocycles. The first-order valence-corrected chi connectivity index (χ1v) is 7.37. The summed E-state index contributed by atoms with van der Waals surface area (Å²) in [6.45, 7) is -0.414. The summed E-state index contributed by atoms with van der Waals surface area (Å²) in [5.74, 6) is 0.0802. The smallest absolute Gasteiger partial charge is 0.258 e. The monoisotopic (exact) mass is 410 g/mol. The van der Waals surface area contributed by atoms with Gasteiger partial charge in [-0.25, -0.2) is 0 Å². The minimum atomic E-state index is -1.22. The van der Waals surface area contributed by atoms with Gasteiger partial charge in [0.25, 0.3) is 5.91 Å². The topological polar surface area (TPSA) is 142 Å². The molecule has 0 spiro atoms. The number of aromatic nitrogens is 1. The predicted molar refractivity (Wildman–Crippen MR) is 79.2 cm³/mol. The highest BCUT2D eigenvalue weighted by Crippen LogP contribution is 2.36. The van der Waals surface area contributed by atoms with Crippen molar-refractivity contribution in [2.75, 3.05) is 11.9 Å². The number of halogens is 1. The molecule has 116 valence electrons. The molecule has 3 rings (SSSR count). The summed E-state index contributed by atoms with van der Waals surface area (Å²) in [6, 6.07) is 0. The fraction of sp³-hybridized carbons (Fsp3) is 0.545. The molecule has 2 aliphatic rings. The molecular weight excluding hydrogens is 395 g/mol. The Morgan fingerprint density at radius 1 is 1.38 bits per heavy atom. The van der Waals surface area contributed by atoms with Crippen molar-refractivity contribution in [2.24, 2.45) is 5.73 Å². The van der Waals surface area contributed by atoms with Crippen molar-refractivity contribution in [3.63, 3.8) is 0 Å². The fourth-order valence-electron chi connectivity index (χ4n) is 2.56. The van der Waals surface area contributed by atoms with E-state index in [-0.39, 0.29) is 5.91 Å². The first-order valence-electron chi connectivity index (χ1n) is 6.29. The SMILES string of the molecule is NC1NC(=O)c2c(I)cn(C3OC(CO)C(O)C3O)c2N1. The van der Waals surface area contributed by atoms with E-state index >= 15 is 0 Å². The maximum absolute atomic E-state index is 12.0. The van der Waals surface area contributed by atoms with E-state index in [2.05, 4.69) is 10.6 Å². The van der Waals surface area contributed by atoms with E-state index in [1.807, 2.05) is 22.6 Å². The summed E-state index contributed by atoms with van der Waals surface area (Å²) in [7, 11) is 0. The van der Waals surface area contributed by atoms with Gasteiger partial charge in [-0.3, -0.25) is 10.5 Å². The Labute approximate surface area is 133 Å². The van der Waals surface area contributed by atoms with Crippen molar-refractivity contribution in [1.29, 1.82) is 0 Å². The van der Waals surface area contributed by atoms with Crippen LogP contribution in [0.2, 0.25) is 0 Å². The van der Waals surface area contributed by atoms with Crippen LogP contribution in [0.15, 0.2) is 6.20 Å². The summed E-state index contributed by atoms with van der Waals surface area (Å²) in [4.78, 5) is 12.0. The van der Waals surface area contributed by atoms with Gasteiger partial charge in [-0.05, 0) is 22.6 Å². The number of ether oxygens (including phenoxy) is 1. The number of carbonyl (C=O) groups is 1. The second-order valence-electron chi connectivity index (χ2n) is 4.93. The van der Waals surface area contributed by atoms with Crippen LogP contribution in [0.25, 0.3) is 0 Å². The molecule has 0 saturated carbocycles. The Bertz CT molecular complexity index is 579. The van der Waals surface area contributed by atoms with Crippen molar-refractivity contribution in [3.05, 3.63) is 15.3 Å². The molecular formula is C11H15IN4O5. The van der Waals surface area contributed by atoms with Crippen molar-refractivity contribution < 1.29 is 24.9 Å². The maximum atomic E-state index is 12.0. The van der Waals surface area contributed by atoms with E-state index < -0.39 is 37.4 Å². The lowest BCUT2D eigenvalue weighted by atomic mass is 10.1. The summed E-state index contributed by atoms with van der Waals surface area (Å²) in [6.07, 6.45) is -3.37. The number of aliphatic hydroxyl groups excluding tert-OH is 3. The third-order valence-corrected chi connectivity index (χ3v) is 4.40. The largest absolute Gasteiger partial charge is 0.394 e. The number of nitrogens with one attached hydrogen (secondary N) is 2. The molecule has 1 amide bonds. The molecule has 9 nitrogen and oxygen atoms in total. The third kappa shape index (κ3) is 2.31. The molecule has 0 bridgehead atoms.